The Bertz CT molecular complexity index is 1700. The number of hydrogen-bond donors (Lipinski definition) is 1. The normalized spacial score (nSPS) is 12.4. The first kappa shape index (κ1) is 22.7. The molecular formula is C24H23ClN8O2. The summed E-state index contributed by atoms with van der Waals surface area (Å²) in [6, 6.07) is 7.14. The van der Waals surface area contributed by atoms with E-state index in [9.17, 15) is 9.59 Å². The monoisotopic (exact) mass is 490 g/mol. The minimum Gasteiger partial charge on any atom is -0.377 e. The van der Waals surface area contributed by atoms with Crippen LogP contribution in [0.2, 0.25) is 5.15 Å². The molecule has 178 valence electrons. The van der Waals surface area contributed by atoms with Crippen LogP contribution in [0.4, 0.5) is 5.69 Å². The fraction of sp³-hybridized carbons (Fsp3) is 0.250. The van der Waals surface area contributed by atoms with Crippen LogP contribution < -0.4 is 10.9 Å². The molecule has 0 aliphatic heterocycles. The van der Waals surface area contributed by atoms with Gasteiger partial charge in [-0.2, -0.15) is 0 Å². The van der Waals surface area contributed by atoms with E-state index < -0.39 is 0 Å². The van der Waals surface area contributed by atoms with Crippen molar-refractivity contribution < 1.29 is 4.79 Å². The standard InChI is InChI=1S/C24H23ClN8O2/c1-12-8-15(13(2)28-17-6-7-18(25)29-20(17)22-27-10-31(4)30-22)21-16(9-12)24(35)32(5)23-19(14(3)34)26-11-33(21)23/h6-11,13,28H,1-5H3. The Morgan fingerprint density at radius 3 is 2.60 bits per heavy atom. The highest BCUT2D eigenvalue weighted by Gasteiger charge is 2.22. The van der Waals surface area contributed by atoms with Gasteiger partial charge in [0.05, 0.1) is 22.6 Å². The molecule has 0 saturated heterocycles. The van der Waals surface area contributed by atoms with E-state index in [2.05, 4.69) is 25.4 Å². The van der Waals surface area contributed by atoms with Gasteiger partial charge in [0, 0.05) is 21.0 Å². The van der Waals surface area contributed by atoms with E-state index in [0.717, 1.165) is 11.1 Å². The molecule has 0 aliphatic carbocycles. The van der Waals surface area contributed by atoms with Gasteiger partial charge < -0.3 is 5.32 Å². The van der Waals surface area contributed by atoms with E-state index in [4.69, 9.17) is 11.6 Å². The van der Waals surface area contributed by atoms with Crippen molar-refractivity contribution in [1.82, 2.24) is 33.7 Å². The summed E-state index contributed by atoms with van der Waals surface area (Å²) in [5.74, 6) is 0.234. The maximum absolute atomic E-state index is 13.3. The highest BCUT2D eigenvalue weighted by molar-refractivity contribution is 6.29. The maximum Gasteiger partial charge on any atom is 0.261 e. The highest BCUT2D eigenvalue weighted by atomic mass is 35.5. The van der Waals surface area contributed by atoms with Crippen LogP contribution in [0.1, 0.15) is 41.5 Å². The zero-order valence-electron chi connectivity index (χ0n) is 19.9. The Morgan fingerprint density at radius 1 is 1.14 bits per heavy atom. The Kier molecular flexibility index (Phi) is 5.40. The number of Topliss-reactive ketones (excluding diaryl/α,β-unsaturated/α-hetero) is 1. The van der Waals surface area contributed by atoms with Crippen LogP contribution in [0.25, 0.3) is 28.1 Å². The molecule has 11 heteroatoms. The van der Waals surface area contributed by atoms with Crippen LogP contribution in [0.15, 0.2) is 41.7 Å². The number of nitrogens with zero attached hydrogens (tertiary/aromatic N) is 7. The largest absolute Gasteiger partial charge is 0.377 e. The Hall–Kier alpha value is -4.05. The summed E-state index contributed by atoms with van der Waals surface area (Å²) >= 11 is 6.18. The molecule has 5 aromatic rings. The van der Waals surface area contributed by atoms with Crippen LogP contribution in [0, 0.1) is 6.92 Å². The van der Waals surface area contributed by atoms with Gasteiger partial charge >= 0.3 is 0 Å². The van der Waals surface area contributed by atoms with Crippen molar-refractivity contribution in [2.75, 3.05) is 5.32 Å². The molecule has 1 aromatic carbocycles. The van der Waals surface area contributed by atoms with Gasteiger partial charge in [0.1, 0.15) is 29.2 Å². The third-order valence-corrected chi connectivity index (χ3v) is 6.17. The minimum atomic E-state index is -0.263. The fourth-order valence-electron chi connectivity index (χ4n) is 4.40. The van der Waals surface area contributed by atoms with Crippen molar-refractivity contribution in [2.24, 2.45) is 14.1 Å². The topological polar surface area (TPSA) is 112 Å². The van der Waals surface area contributed by atoms with Crippen molar-refractivity contribution in [2.45, 2.75) is 26.8 Å². The molecule has 35 heavy (non-hydrogen) atoms. The summed E-state index contributed by atoms with van der Waals surface area (Å²) in [4.78, 5) is 38.6. The second-order valence-electron chi connectivity index (χ2n) is 8.60. The van der Waals surface area contributed by atoms with Gasteiger partial charge in [-0.05, 0) is 43.2 Å². The molecule has 0 spiro atoms. The molecular weight excluding hydrogens is 468 g/mol. The number of carbonyl (C=O) groups is 1. The molecule has 0 saturated carbocycles. The summed E-state index contributed by atoms with van der Waals surface area (Å²) in [7, 11) is 3.43. The fourth-order valence-corrected chi connectivity index (χ4v) is 4.55. The van der Waals surface area contributed by atoms with Crippen molar-refractivity contribution in [3.63, 3.8) is 0 Å². The smallest absolute Gasteiger partial charge is 0.261 e. The zero-order chi connectivity index (χ0) is 25.0. The van der Waals surface area contributed by atoms with Crippen LogP contribution >= 0.6 is 11.6 Å². The molecule has 0 fully saturated rings. The van der Waals surface area contributed by atoms with Gasteiger partial charge in [0.25, 0.3) is 5.56 Å². The number of nitrogens with one attached hydrogen (secondary N) is 1. The number of pyridine rings is 1. The second kappa shape index (κ2) is 8.31. The molecule has 10 nitrogen and oxygen atoms in total. The quantitative estimate of drug-likeness (QED) is 0.295. The first-order valence-corrected chi connectivity index (χ1v) is 11.3. The average molecular weight is 491 g/mol. The summed E-state index contributed by atoms with van der Waals surface area (Å²) in [5.41, 5.74) is 4.22. The summed E-state index contributed by atoms with van der Waals surface area (Å²) in [5, 5.41) is 8.72. The second-order valence-corrected chi connectivity index (χ2v) is 8.98. The van der Waals surface area contributed by atoms with Gasteiger partial charge in [0.2, 0.25) is 5.82 Å². The molecule has 0 bridgehead atoms. The molecule has 1 unspecified atom stereocenters. The van der Waals surface area contributed by atoms with Gasteiger partial charge in [-0.15, -0.1) is 5.10 Å². The Balaban J connectivity index is 1.71. The van der Waals surface area contributed by atoms with E-state index >= 15 is 0 Å². The van der Waals surface area contributed by atoms with Crippen molar-refractivity contribution in [3.05, 3.63) is 69.2 Å². The van der Waals surface area contributed by atoms with E-state index in [0.29, 0.717) is 38.9 Å². The van der Waals surface area contributed by atoms with Crippen molar-refractivity contribution in [1.29, 1.82) is 0 Å². The van der Waals surface area contributed by atoms with Gasteiger partial charge in [-0.1, -0.05) is 17.7 Å². The van der Waals surface area contributed by atoms with Crippen LogP contribution in [-0.2, 0) is 14.1 Å². The number of aromatic nitrogens is 7. The predicted molar refractivity (Wildman–Crippen MR) is 134 cm³/mol. The third-order valence-electron chi connectivity index (χ3n) is 5.96. The van der Waals surface area contributed by atoms with Gasteiger partial charge in [-0.25, -0.2) is 15.0 Å². The van der Waals surface area contributed by atoms with E-state index in [-0.39, 0.29) is 23.1 Å². The number of ketones is 1. The number of carbonyl (C=O) groups excluding carboxylic acids is 1. The number of halogens is 1. The third kappa shape index (κ3) is 3.75. The molecule has 1 atom stereocenters. The minimum absolute atomic E-state index is 0.195. The number of benzene rings is 1. The first-order valence-electron chi connectivity index (χ1n) is 11.0. The molecule has 4 heterocycles. The van der Waals surface area contributed by atoms with E-state index in [1.54, 1.807) is 37.5 Å². The lowest BCUT2D eigenvalue weighted by Gasteiger charge is -2.21. The highest BCUT2D eigenvalue weighted by Crippen LogP contribution is 2.32. The molecule has 5 rings (SSSR count). The predicted octanol–water partition coefficient (Wildman–Crippen LogP) is 3.71. The Labute approximate surface area is 205 Å². The first-order chi connectivity index (χ1) is 16.7. The average Bonchev–Trinajstić information content (AvgIpc) is 3.45. The lowest BCUT2D eigenvalue weighted by atomic mass is 10.0. The molecule has 0 radical (unpaired) electrons. The number of hydrogen-bond acceptors (Lipinski definition) is 7. The number of imidazole rings is 1. The summed E-state index contributed by atoms with van der Waals surface area (Å²) in [6.45, 7) is 5.38. The molecule has 0 aliphatic rings. The number of aryl methyl sites for hydroxylation is 3. The maximum atomic E-state index is 13.3. The van der Waals surface area contributed by atoms with Crippen molar-refractivity contribution >= 4 is 39.6 Å². The molecule has 4 aromatic heterocycles. The zero-order valence-corrected chi connectivity index (χ0v) is 20.6. The number of rotatable bonds is 5. The van der Waals surface area contributed by atoms with E-state index in [1.807, 2.05) is 36.4 Å². The summed E-state index contributed by atoms with van der Waals surface area (Å²) < 4.78 is 4.88. The van der Waals surface area contributed by atoms with Gasteiger partial charge in [0.15, 0.2) is 11.4 Å². The number of anilines is 1. The van der Waals surface area contributed by atoms with Crippen LogP contribution in [-0.4, -0.2) is 39.5 Å². The SMILES string of the molecule is CC(=O)c1ncn2c3c(C(C)Nc4ccc(Cl)nc4-c4ncn(C)n4)cc(C)cc3c(=O)n(C)c12. The Morgan fingerprint density at radius 2 is 1.91 bits per heavy atom. The lowest BCUT2D eigenvalue weighted by Crippen LogP contribution is -2.22. The molecule has 1 N–H and O–H groups in total. The van der Waals surface area contributed by atoms with Gasteiger partial charge in [-0.3, -0.25) is 23.2 Å². The number of fused-ring (bicyclic) bond motifs is 3. The van der Waals surface area contributed by atoms with Crippen molar-refractivity contribution in [3.8, 4) is 11.5 Å². The van der Waals surface area contributed by atoms with E-state index in [1.165, 1.54) is 11.5 Å². The van der Waals surface area contributed by atoms with Crippen LogP contribution in [0.5, 0.6) is 0 Å². The van der Waals surface area contributed by atoms with Crippen LogP contribution in [0.3, 0.4) is 0 Å². The summed E-state index contributed by atoms with van der Waals surface area (Å²) in [6.07, 6.45) is 3.18. The molecule has 0 amide bonds. The lowest BCUT2D eigenvalue weighted by molar-refractivity contribution is 0.101.